The average Bonchev–Trinajstić information content (AvgIpc) is 2.14. The standard InChI is InChI=1S/C5H6S2/c1-6-5-2-3-7-4-5/h2-4H,1H3/i4D. The van der Waals surface area contributed by atoms with Crippen molar-refractivity contribution in [2.45, 2.75) is 4.90 Å². The molecule has 0 aliphatic rings. The SMILES string of the molecule is [2H]c1sccc1SC. The van der Waals surface area contributed by atoms with E-state index < -0.39 is 0 Å². The molecule has 0 unspecified atom stereocenters. The largest absolute Gasteiger partial charge is 0.151 e. The Balaban J connectivity index is 2.92. The lowest BCUT2D eigenvalue weighted by molar-refractivity contribution is 1.60. The summed E-state index contributed by atoms with van der Waals surface area (Å²) in [6.07, 6.45) is 1.99. The second-order valence-electron chi connectivity index (χ2n) is 1.09. The number of thiophene rings is 1. The zero-order chi connectivity index (χ0) is 5.98. The van der Waals surface area contributed by atoms with E-state index in [1.165, 1.54) is 11.3 Å². The number of hydrogen-bond donors (Lipinski definition) is 0. The van der Waals surface area contributed by atoms with E-state index in [0.717, 1.165) is 4.90 Å². The van der Waals surface area contributed by atoms with Gasteiger partial charge >= 0.3 is 0 Å². The maximum Gasteiger partial charge on any atom is 0.0751 e. The van der Waals surface area contributed by atoms with E-state index in [4.69, 9.17) is 1.37 Å². The molecular weight excluding hydrogens is 124 g/mol. The predicted molar refractivity (Wildman–Crippen MR) is 36.1 cm³/mol. The summed E-state index contributed by atoms with van der Waals surface area (Å²) in [6, 6.07) is 1.97. The van der Waals surface area contributed by atoms with Crippen LogP contribution in [0.4, 0.5) is 0 Å². The summed E-state index contributed by atoms with van der Waals surface area (Å²) in [4.78, 5) is 1.08. The lowest BCUT2D eigenvalue weighted by atomic mass is 10.7. The van der Waals surface area contributed by atoms with E-state index >= 15 is 0 Å². The molecule has 0 N–H and O–H groups in total. The summed E-state index contributed by atoms with van der Waals surface area (Å²) in [5.74, 6) is 0. The monoisotopic (exact) mass is 131 g/mol. The van der Waals surface area contributed by atoms with Crippen molar-refractivity contribution in [1.82, 2.24) is 0 Å². The van der Waals surface area contributed by atoms with Crippen molar-refractivity contribution < 1.29 is 1.37 Å². The predicted octanol–water partition coefficient (Wildman–Crippen LogP) is 2.47. The highest BCUT2D eigenvalue weighted by molar-refractivity contribution is 7.98. The van der Waals surface area contributed by atoms with E-state index in [1.54, 1.807) is 11.8 Å². The van der Waals surface area contributed by atoms with Gasteiger partial charge in [-0.2, -0.15) is 11.3 Å². The molecule has 1 aromatic heterocycles. The van der Waals surface area contributed by atoms with Crippen LogP contribution in [0.15, 0.2) is 21.7 Å². The van der Waals surface area contributed by atoms with Crippen molar-refractivity contribution in [2.24, 2.45) is 0 Å². The van der Waals surface area contributed by atoms with Gasteiger partial charge in [-0.3, -0.25) is 0 Å². The molecule has 0 aromatic carbocycles. The first-order chi connectivity index (χ1) is 3.84. The van der Waals surface area contributed by atoms with Crippen molar-refractivity contribution in [3.8, 4) is 0 Å². The Morgan fingerprint density at radius 2 is 2.86 bits per heavy atom. The number of hydrogen-bond acceptors (Lipinski definition) is 2. The summed E-state index contributed by atoms with van der Waals surface area (Å²) >= 11 is 3.10. The third kappa shape index (κ3) is 1.21. The third-order valence-corrected chi connectivity index (χ3v) is 2.08. The molecule has 0 saturated heterocycles. The molecule has 0 radical (unpaired) electrons. The summed E-state index contributed by atoms with van der Waals surface area (Å²) in [7, 11) is 0. The fourth-order valence-corrected chi connectivity index (χ4v) is 1.56. The topological polar surface area (TPSA) is 0 Å². The van der Waals surface area contributed by atoms with Crippen LogP contribution in [0.2, 0.25) is 0 Å². The van der Waals surface area contributed by atoms with Gasteiger partial charge in [-0.15, -0.1) is 11.8 Å². The van der Waals surface area contributed by atoms with E-state index in [1.807, 2.05) is 17.7 Å². The molecule has 0 bridgehead atoms. The second-order valence-corrected chi connectivity index (χ2v) is 2.65. The lowest BCUT2D eigenvalue weighted by Gasteiger charge is -1.78. The zero-order valence-electron chi connectivity index (χ0n) is 4.97. The van der Waals surface area contributed by atoms with Gasteiger partial charge in [0.25, 0.3) is 0 Å². The minimum absolute atomic E-state index is 0.678. The molecule has 2 heteroatoms. The van der Waals surface area contributed by atoms with Gasteiger partial charge in [0.05, 0.1) is 1.37 Å². The van der Waals surface area contributed by atoms with Crippen LogP contribution in [0, 0.1) is 0 Å². The van der Waals surface area contributed by atoms with Crippen LogP contribution < -0.4 is 0 Å². The Bertz CT molecular complexity index is 171. The van der Waals surface area contributed by atoms with Crippen molar-refractivity contribution in [1.29, 1.82) is 0 Å². The van der Waals surface area contributed by atoms with Crippen molar-refractivity contribution in [3.63, 3.8) is 0 Å². The van der Waals surface area contributed by atoms with Gasteiger partial charge < -0.3 is 0 Å². The fourth-order valence-electron chi connectivity index (χ4n) is 0.332. The van der Waals surface area contributed by atoms with Gasteiger partial charge in [-0.1, -0.05) is 0 Å². The molecule has 0 nitrogen and oxygen atoms in total. The molecule has 38 valence electrons. The Hall–Kier alpha value is 0.0500. The highest BCUT2D eigenvalue weighted by atomic mass is 32.2. The maximum atomic E-state index is 7.25. The second kappa shape index (κ2) is 2.38. The lowest BCUT2D eigenvalue weighted by Crippen LogP contribution is -1.49. The van der Waals surface area contributed by atoms with Crippen LogP contribution in [0.3, 0.4) is 0 Å². The van der Waals surface area contributed by atoms with Crippen LogP contribution >= 0.6 is 23.1 Å². The Labute approximate surface area is 53.0 Å². The van der Waals surface area contributed by atoms with E-state index in [2.05, 4.69) is 0 Å². The molecule has 0 saturated carbocycles. The molecule has 0 aliphatic heterocycles. The van der Waals surface area contributed by atoms with Gasteiger partial charge in [0.2, 0.25) is 0 Å². The molecular formula is C5H6S2. The zero-order valence-corrected chi connectivity index (χ0v) is 5.60. The summed E-state index contributed by atoms with van der Waals surface area (Å²) in [5, 5.41) is 2.62. The summed E-state index contributed by atoms with van der Waals surface area (Å²) in [5.41, 5.74) is 0. The maximum absolute atomic E-state index is 7.25. The van der Waals surface area contributed by atoms with Crippen molar-refractivity contribution in [2.75, 3.05) is 6.26 Å². The molecule has 7 heavy (non-hydrogen) atoms. The molecule has 0 fully saturated rings. The van der Waals surface area contributed by atoms with Crippen molar-refractivity contribution >= 4 is 23.1 Å². The van der Waals surface area contributed by atoms with Gasteiger partial charge in [0.15, 0.2) is 0 Å². The van der Waals surface area contributed by atoms with Gasteiger partial charge in [0.1, 0.15) is 0 Å². The van der Waals surface area contributed by atoms with Crippen LogP contribution in [0.1, 0.15) is 1.37 Å². The van der Waals surface area contributed by atoms with Gasteiger partial charge in [0, 0.05) is 10.3 Å². The quantitative estimate of drug-likeness (QED) is 0.528. The summed E-state index contributed by atoms with van der Waals surface area (Å²) < 4.78 is 7.25. The first-order valence-corrected chi connectivity index (χ1v) is 4.03. The molecule has 0 aliphatic carbocycles. The van der Waals surface area contributed by atoms with Gasteiger partial charge in [-0.05, 0) is 17.7 Å². The van der Waals surface area contributed by atoms with Gasteiger partial charge in [-0.25, -0.2) is 0 Å². The van der Waals surface area contributed by atoms with Crippen LogP contribution in [0.5, 0.6) is 0 Å². The van der Waals surface area contributed by atoms with Crippen LogP contribution in [-0.4, -0.2) is 6.26 Å². The number of rotatable bonds is 1. The highest BCUT2D eigenvalue weighted by Gasteiger charge is 1.82. The van der Waals surface area contributed by atoms with E-state index in [-0.39, 0.29) is 0 Å². The minimum Gasteiger partial charge on any atom is -0.151 e. The first-order valence-electron chi connectivity index (χ1n) is 2.42. The molecule has 1 rings (SSSR count). The van der Waals surface area contributed by atoms with E-state index in [0.29, 0.717) is 5.36 Å². The molecule has 0 amide bonds. The number of thioether (sulfide) groups is 1. The average molecular weight is 131 g/mol. The molecule has 1 aromatic rings. The highest BCUT2D eigenvalue weighted by Crippen LogP contribution is 2.16. The Morgan fingerprint density at radius 1 is 2.00 bits per heavy atom. The van der Waals surface area contributed by atoms with Crippen molar-refractivity contribution in [3.05, 3.63) is 16.8 Å². The smallest absolute Gasteiger partial charge is 0.0751 e. The van der Waals surface area contributed by atoms with Crippen LogP contribution in [-0.2, 0) is 0 Å². The van der Waals surface area contributed by atoms with E-state index in [9.17, 15) is 0 Å². The Kier molecular flexibility index (Phi) is 1.35. The first kappa shape index (κ1) is 3.98. The molecule has 1 heterocycles. The minimum atomic E-state index is 0.678. The molecule has 0 atom stereocenters. The Morgan fingerprint density at radius 3 is 3.14 bits per heavy atom. The fraction of sp³-hybridized carbons (Fsp3) is 0.200. The molecule has 0 spiro atoms. The normalized spacial score (nSPS) is 11.3. The van der Waals surface area contributed by atoms with Crippen LogP contribution in [0.25, 0.3) is 0 Å². The summed E-state index contributed by atoms with van der Waals surface area (Å²) in [6.45, 7) is 0. The third-order valence-electron chi connectivity index (χ3n) is 0.667.